The molecule has 2 N–H and O–H groups in total. The fourth-order valence-corrected chi connectivity index (χ4v) is 6.83. The molecule has 0 aromatic heterocycles. The summed E-state index contributed by atoms with van der Waals surface area (Å²) in [7, 11) is 5.99. The molecule has 0 radical (unpaired) electrons. The first-order valence-electron chi connectivity index (χ1n) is 17.4. The Hall–Kier alpha value is -3.72. The van der Waals surface area contributed by atoms with Crippen molar-refractivity contribution in [1.29, 1.82) is 0 Å². The first-order valence-corrected chi connectivity index (χ1v) is 18.3. The number of hydrogen-bond acceptors (Lipinski definition) is 11. The first kappa shape index (κ1) is 42.0. The average Bonchev–Trinajstić information content (AvgIpc) is 3.78. The van der Waals surface area contributed by atoms with Crippen LogP contribution in [0.1, 0.15) is 72.8 Å². The molecular formula is C38H52ClN3O10S. The second-order valence-corrected chi connectivity index (χ2v) is 16.4. The number of anilines is 1. The summed E-state index contributed by atoms with van der Waals surface area (Å²) in [4.78, 5) is 56.4. The summed E-state index contributed by atoms with van der Waals surface area (Å²) in [6.45, 7) is 10.6. The number of aliphatic hydroxyl groups is 1. The minimum Gasteiger partial charge on any atom is -0.495 e. The first-order chi connectivity index (χ1) is 24.6. The Labute approximate surface area is 322 Å². The molecule has 53 heavy (non-hydrogen) atoms. The second kappa shape index (κ2) is 16.3. The Bertz CT molecular complexity index is 1710. The molecule has 13 nitrogen and oxygen atoms in total. The van der Waals surface area contributed by atoms with Crippen molar-refractivity contribution in [3.8, 4) is 5.75 Å². The standard InChI is InChI=1S/C38H52ClN3O10S/c1-21-12-11-13-28(49-10)38(47)20-27(50-35(46)40-38)22(2)33-37(6,52-33)29(51-34(45)23(3)41(7)30(43)14-15-36(4,5)53)19-31(44)42(8)25-17-24(16-21)18-26(48-9)32(25)39/h11-13,17-18,23,27-29,47,53H,14-16,19-20H2,1-10H3,(H,40,46)/b13-11+,21-12+,33-22+/t23-,27-,28+,29-,37-,38-/m0/s1. The minimum absolute atomic E-state index is 0.109. The van der Waals surface area contributed by atoms with Crippen LogP contribution in [0, 0.1) is 0 Å². The van der Waals surface area contributed by atoms with Gasteiger partial charge in [0.05, 0.1) is 19.2 Å². The van der Waals surface area contributed by atoms with Crippen LogP contribution in [0.15, 0.2) is 47.3 Å². The topological polar surface area (TPSA) is 156 Å². The molecule has 1 aromatic rings. The Kier molecular flexibility index (Phi) is 13.0. The molecular weight excluding hydrogens is 726 g/mol. The fraction of sp³-hybridized carbons (Fsp3) is 0.579. The van der Waals surface area contributed by atoms with Crippen molar-refractivity contribution in [3.63, 3.8) is 0 Å². The van der Waals surface area contributed by atoms with Gasteiger partial charge in [0, 0.05) is 44.4 Å². The number of fused-ring (bicyclic) bond motifs is 5. The lowest BCUT2D eigenvalue weighted by molar-refractivity contribution is -0.161. The van der Waals surface area contributed by atoms with Crippen LogP contribution in [0.3, 0.4) is 0 Å². The number of halogens is 1. The summed E-state index contributed by atoms with van der Waals surface area (Å²) >= 11 is 11.2. The number of alkyl carbamates (subject to hydrolysis) is 1. The van der Waals surface area contributed by atoms with Gasteiger partial charge in [0.25, 0.3) is 0 Å². The number of carbonyl (C=O) groups is 4. The molecule has 1 aromatic carbocycles. The largest absolute Gasteiger partial charge is 0.495 e. The highest BCUT2D eigenvalue weighted by molar-refractivity contribution is 7.81. The number of nitrogens with one attached hydrogen (secondary N) is 1. The lowest BCUT2D eigenvalue weighted by Gasteiger charge is -2.40. The lowest BCUT2D eigenvalue weighted by Crippen LogP contribution is -2.62. The molecule has 0 spiro atoms. The highest BCUT2D eigenvalue weighted by Gasteiger charge is 2.60. The molecule has 0 aliphatic carbocycles. The van der Waals surface area contributed by atoms with E-state index >= 15 is 0 Å². The van der Waals surface area contributed by atoms with Crippen LogP contribution in [0.25, 0.3) is 0 Å². The number of likely N-dealkylation sites (N-methyl/N-ethyl adjacent to an activating group) is 1. The van der Waals surface area contributed by atoms with Crippen molar-refractivity contribution in [3.05, 3.63) is 57.9 Å². The maximum absolute atomic E-state index is 14.1. The number of thiol groups is 1. The van der Waals surface area contributed by atoms with Crippen LogP contribution in [0.2, 0.25) is 5.02 Å². The predicted molar refractivity (Wildman–Crippen MR) is 203 cm³/mol. The SMILES string of the molecule is COc1cc2cc(c1Cl)N(C)C(=O)C[C@H](OC(=O)[C@H](C)N(C)C(=O)CCC(C)(C)S)[C@]1(C)O/C1=C(\C)[C@@H]1C[C@@](O)(NC(=O)O1)[C@H](OC)/C=C/C=C(\C)C2. The molecule has 2 saturated heterocycles. The van der Waals surface area contributed by atoms with E-state index in [-0.39, 0.29) is 34.9 Å². The zero-order valence-corrected chi connectivity index (χ0v) is 33.7. The molecule has 6 atom stereocenters. The van der Waals surface area contributed by atoms with Gasteiger partial charge in [-0.1, -0.05) is 49.2 Å². The summed E-state index contributed by atoms with van der Waals surface area (Å²) in [5.74, 6) is -0.786. The quantitative estimate of drug-likeness (QED) is 0.181. The van der Waals surface area contributed by atoms with Gasteiger partial charge in [-0.15, -0.1) is 0 Å². The molecule has 3 aliphatic rings. The third kappa shape index (κ3) is 9.69. The summed E-state index contributed by atoms with van der Waals surface area (Å²) in [5, 5.41) is 14.4. The van der Waals surface area contributed by atoms with E-state index < -0.39 is 53.6 Å². The Balaban J connectivity index is 1.78. The number of esters is 1. The van der Waals surface area contributed by atoms with Gasteiger partial charge < -0.3 is 38.6 Å². The van der Waals surface area contributed by atoms with Crippen molar-refractivity contribution < 1.29 is 48.0 Å². The van der Waals surface area contributed by atoms with Gasteiger partial charge in [-0.3, -0.25) is 14.9 Å². The van der Waals surface area contributed by atoms with Gasteiger partial charge in [-0.05, 0) is 58.2 Å². The number of hydrogen-bond donors (Lipinski definition) is 3. The molecule has 292 valence electrons. The monoisotopic (exact) mass is 777 g/mol. The van der Waals surface area contributed by atoms with Gasteiger partial charge in [-0.25, -0.2) is 9.59 Å². The van der Waals surface area contributed by atoms with E-state index in [1.807, 2.05) is 26.8 Å². The van der Waals surface area contributed by atoms with Crippen LogP contribution in [0.5, 0.6) is 5.75 Å². The van der Waals surface area contributed by atoms with Crippen LogP contribution in [-0.4, -0.2) is 103 Å². The van der Waals surface area contributed by atoms with Crippen LogP contribution in [-0.2, 0) is 39.8 Å². The van der Waals surface area contributed by atoms with Gasteiger partial charge in [0.15, 0.2) is 17.4 Å². The molecule has 0 saturated carbocycles. The Morgan fingerprint density at radius 1 is 1.25 bits per heavy atom. The fourth-order valence-electron chi connectivity index (χ4n) is 6.40. The van der Waals surface area contributed by atoms with Crippen molar-refractivity contribution in [1.82, 2.24) is 10.2 Å². The van der Waals surface area contributed by atoms with Gasteiger partial charge in [-0.2, -0.15) is 12.6 Å². The lowest BCUT2D eigenvalue weighted by atomic mass is 9.90. The van der Waals surface area contributed by atoms with Crippen molar-refractivity contribution in [2.24, 2.45) is 0 Å². The average molecular weight is 778 g/mol. The predicted octanol–water partition coefficient (Wildman–Crippen LogP) is 5.27. The summed E-state index contributed by atoms with van der Waals surface area (Å²) in [6.07, 6.45) is 1.89. The molecule has 4 rings (SSSR count). The Morgan fingerprint density at radius 2 is 1.92 bits per heavy atom. The third-order valence-corrected chi connectivity index (χ3v) is 10.6. The maximum atomic E-state index is 14.1. The number of amides is 3. The van der Waals surface area contributed by atoms with Gasteiger partial charge in [0.2, 0.25) is 11.8 Å². The molecule has 2 fully saturated rings. The third-order valence-electron chi connectivity index (χ3n) is 10.0. The van der Waals surface area contributed by atoms with E-state index in [0.29, 0.717) is 35.6 Å². The highest BCUT2D eigenvalue weighted by Crippen LogP contribution is 2.50. The zero-order valence-electron chi connectivity index (χ0n) is 32.1. The number of methoxy groups -OCH3 is 2. The maximum Gasteiger partial charge on any atom is 0.410 e. The highest BCUT2D eigenvalue weighted by atomic mass is 35.5. The normalized spacial score (nSPS) is 30.0. The number of carbonyl (C=O) groups excluding carboxylic acids is 4. The number of rotatable bonds is 8. The van der Waals surface area contributed by atoms with Crippen molar-refractivity contribution in [2.75, 3.05) is 33.2 Å². The number of benzene rings is 1. The second-order valence-electron chi connectivity index (χ2n) is 14.8. The molecule has 3 heterocycles. The smallest absolute Gasteiger partial charge is 0.410 e. The molecule has 4 bridgehead atoms. The number of nitrogens with zero attached hydrogens (tertiary/aromatic N) is 2. The van der Waals surface area contributed by atoms with Crippen molar-refractivity contribution >= 4 is 53.8 Å². The molecule has 3 amide bonds. The number of ether oxygens (including phenoxy) is 5. The summed E-state index contributed by atoms with van der Waals surface area (Å²) < 4.78 is 28.6. The number of allylic oxidation sites excluding steroid dienone is 3. The van der Waals surface area contributed by atoms with E-state index in [9.17, 15) is 24.3 Å². The van der Waals surface area contributed by atoms with E-state index in [2.05, 4.69) is 17.9 Å². The molecule has 15 heteroatoms. The summed E-state index contributed by atoms with van der Waals surface area (Å²) in [5.41, 5.74) is -0.649. The number of epoxide rings is 1. The van der Waals surface area contributed by atoms with Gasteiger partial charge in [0.1, 0.15) is 34.8 Å². The zero-order chi connectivity index (χ0) is 39.6. The van der Waals surface area contributed by atoms with Gasteiger partial charge >= 0.3 is 12.1 Å². The van der Waals surface area contributed by atoms with Crippen LogP contribution in [0.4, 0.5) is 10.5 Å². The molecule has 0 unspecified atom stereocenters. The summed E-state index contributed by atoms with van der Waals surface area (Å²) in [6, 6.07) is 2.57. The van der Waals surface area contributed by atoms with Crippen molar-refractivity contribution in [2.45, 2.75) is 114 Å². The minimum atomic E-state index is -1.86. The van der Waals surface area contributed by atoms with E-state index in [4.69, 9.17) is 35.3 Å². The van der Waals surface area contributed by atoms with E-state index in [0.717, 1.165) is 11.1 Å². The molecule has 3 aliphatic heterocycles. The van der Waals surface area contributed by atoms with Crippen LogP contribution >= 0.6 is 24.2 Å². The Morgan fingerprint density at radius 3 is 2.55 bits per heavy atom. The van der Waals surface area contributed by atoms with Crippen LogP contribution < -0.4 is 15.0 Å². The van der Waals surface area contributed by atoms with E-state index in [1.54, 1.807) is 52.1 Å². The van der Waals surface area contributed by atoms with E-state index in [1.165, 1.54) is 31.1 Å².